The molecule has 0 N–H and O–H groups in total. The fourth-order valence-corrected chi connectivity index (χ4v) is 3.15. The van der Waals surface area contributed by atoms with Crippen molar-refractivity contribution in [2.24, 2.45) is 0 Å². The zero-order chi connectivity index (χ0) is 19.3. The molecule has 0 atom stereocenters. The minimum absolute atomic E-state index is 0.131. The summed E-state index contributed by atoms with van der Waals surface area (Å²) in [6, 6.07) is 9.39. The van der Waals surface area contributed by atoms with Gasteiger partial charge in [-0.25, -0.2) is 13.3 Å². The summed E-state index contributed by atoms with van der Waals surface area (Å²) in [5.74, 6) is -0.317. The average molecular weight is 379 g/mol. The Hall–Kier alpha value is -2.19. The minimum Gasteiger partial charge on any atom is -0.459 e. The fourth-order valence-electron chi connectivity index (χ4n) is 2.37. The number of likely N-dealkylation sites (N-methyl/N-ethyl adjacent to an activating group) is 1. The number of carbonyl (C=O) groups is 1. The molecule has 1 aromatic heterocycles. The molecular formula is C18H25N3O4S. The molecule has 0 fully saturated rings. The Morgan fingerprint density at radius 1 is 1.19 bits per heavy atom. The van der Waals surface area contributed by atoms with Crippen LogP contribution in [-0.4, -0.2) is 45.1 Å². The van der Waals surface area contributed by atoms with Crippen LogP contribution in [0.25, 0.3) is 0 Å². The van der Waals surface area contributed by atoms with E-state index in [1.807, 2.05) is 51.1 Å². The summed E-state index contributed by atoms with van der Waals surface area (Å²) in [6.45, 7) is 6.65. The predicted molar refractivity (Wildman–Crippen MR) is 102 cm³/mol. The highest BCUT2D eigenvalue weighted by Gasteiger charge is 2.18. The maximum atomic E-state index is 12.4. The lowest BCUT2D eigenvalue weighted by atomic mass is 10.2. The van der Waals surface area contributed by atoms with E-state index in [0.717, 1.165) is 17.1 Å². The number of nitrogens with zero attached hydrogens (tertiary/aromatic N) is 3. The van der Waals surface area contributed by atoms with E-state index in [1.165, 1.54) is 8.52 Å². The Labute approximate surface area is 156 Å². The van der Waals surface area contributed by atoms with Crippen molar-refractivity contribution in [3.8, 4) is 0 Å². The lowest BCUT2D eigenvalue weighted by molar-refractivity contribution is -0.155. The van der Waals surface area contributed by atoms with Crippen LogP contribution in [0.2, 0.25) is 0 Å². The molecule has 0 spiro atoms. The van der Waals surface area contributed by atoms with E-state index in [-0.39, 0.29) is 29.6 Å². The Bertz CT molecular complexity index is 846. The average Bonchev–Trinajstić information content (AvgIpc) is 2.79. The van der Waals surface area contributed by atoms with Gasteiger partial charge in [-0.05, 0) is 33.4 Å². The molecule has 0 aliphatic heterocycles. The second kappa shape index (κ2) is 8.46. The van der Waals surface area contributed by atoms with Crippen LogP contribution in [0, 0.1) is 0 Å². The Kier molecular flexibility index (Phi) is 6.55. The molecule has 2 aromatic rings. The van der Waals surface area contributed by atoms with E-state index in [0.29, 0.717) is 13.1 Å². The summed E-state index contributed by atoms with van der Waals surface area (Å²) in [5.41, 5.74) is 0.0523. The highest BCUT2D eigenvalue weighted by atomic mass is 32.1. The molecule has 2 rings (SSSR count). The molecule has 0 bridgehead atoms. The topological polar surface area (TPSA) is 73.5 Å². The molecule has 1 aromatic carbocycles. The highest BCUT2D eigenvalue weighted by Crippen LogP contribution is 2.07. The number of hydrogen-bond donors (Lipinski definition) is 0. The largest absolute Gasteiger partial charge is 0.459 e. The number of carbonyl (C=O) groups excluding carboxylic acids is 1. The van der Waals surface area contributed by atoms with Gasteiger partial charge in [0.05, 0.1) is 19.6 Å². The summed E-state index contributed by atoms with van der Waals surface area (Å²) in [4.78, 5) is 37.9. The number of esters is 1. The molecule has 0 unspecified atom stereocenters. The number of hydrogen-bond acceptors (Lipinski definition) is 6. The molecule has 1 heterocycles. The Balaban J connectivity index is 1.96. The maximum absolute atomic E-state index is 12.4. The van der Waals surface area contributed by atoms with Gasteiger partial charge in [0.1, 0.15) is 5.60 Å². The fraction of sp³-hybridized carbons (Fsp3) is 0.500. The van der Waals surface area contributed by atoms with Gasteiger partial charge in [-0.3, -0.25) is 14.5 Å². The van der Waals surface area contributed by atoms with Crippen molar-refractivity contribution in [3.05, 3.63) is 56.0 Å². The predicted octanol–water partition coefficient (Wildman–Crippen LogP) is 1.39. The molecule has 0 aliphatic rings. The molecule has 142 valence electrons. The summed E-state index contributed by atoms with van der Waals surface area (Å²) in [5, 5.41) is 0. The van der Waals surface area contributed by atoms with Gasteiger partial charge in [0, 0.05) is 18.1 Å². The van der Waals surface area contributed by atoms with Gasteiger partial charge in [-0.2, -0.15) is 0 Å². The zero-order valence-electron chi connectivity index (χ0n) is 15.6. The standard InChI is InChI=1S/C18H25N3O4S/c1-18(2,3)25-15(22)13-19(4)10-11-21-16(23)20(17(24)26-21)12-14-8-6-5-7-9-14/h5-9H,10-13H2,1-4H3. The lowest BCUT2D eigenvalue weighted by Gasteiger charge is -2.22. The van der Waals surface area contributed by atoms with Gasteiger partial charge >= 0.3 is 16.5 Å². The van der Waals surface area contributed by atoms with Crippen LogP contribution in [0.15, 0.2) is 39.9 Å². The molecule has 0 amide bonds. The second-order valence-electron chi connectivity index (χ2n) is 7.14. The minimum atomic E-state index is -0.525. The zero-order valence-corrected chi connectivity index (χ0v) is 16.4. The molecular weight excluding hydrogens is 354 g/mol. The third kappa shape index (κ3) is 5.96. The van der Waals surface area contributed by atoms with Crippen molar-refractivity contribution in [3.63, 3.8) is 0 Å². The van der Waals surface area contributed by atoms with Gasteiger partial charge in [0.25, 0.3) is 0 Å². The van der Waals surface area contributed by atoms with Crippen LogP contribution in [0.5, 0.6) is 0 Å². The summed E-state index contributed by atoms with van der Waals surface area (Å²) in [7, 11) is 1.78. The first-order chi connectivity index (χ1) is 12.2. The third-order valence-corrected chi connectivity index (χ3v) is 4.48. The monoisotopic (exact) mass is 379 g/mol. The van der Waals surface area contributed by atoms with E-state index in [2.05, 4.69) is 0 Å². The first-order valence-electron chi connectivity index (χ1n) is 8.41. The molecule has 7 nitrogen and oxygen atoms in total. The molecule has 0 saturated carbocycles. The summed E-state index contributed by atoms with van der Waals surface area (Å²) >= 11 is 0.900. The third-order valence-electron chi connectivity index (χ3n) is 3.54. The quantitative estimate of drug-likeness (QED) is 0.680. The first kappa shape index (κ1) is 20.1. The van der Waals surface area contributed by atoms with Crippen molar-refractivity contribution in [1.82, 2.24) is 13.4 Å². The molecule has 0 aliphatic carbocycles. The van der Waals surface area contributed by atoms with Gasteiger partial charge in [0.2, 0.25) is 0 Å². The number of benzene rings is 1. The van der Waals surface area contributed by atoms with Crippen LogP contribution in [0.4, 0.5) is 0 Å². The molecule has 8 heteroatoms. The van der Waals surface area contributed by atoms with E-state index in [4.69, 9.17) is 4.74 Å². The normalized spacial score (nSPS) is 11.7. The summed E-state index contributed by atoms with van der Waals surface area (Å²) in [6.07, 6.45) is 0. The van der Waals surface area contributed by atoms with Crippen LogP contribution in [0.1, 0.15) is 26.3 Å². The Morgan fingerprint density at radius 2 is 1.85 bits per heavy atom. The van der Waals surface area contributed by atoms with Gasteiger partial charge in [0.15, 0.2) is 0 Å². The van der Waals surface area contributed by atoms with Gasteiger partial charge < -0.3 is 4.74 Å². The number of aromatic nitrogens is 2. The van der Waals surface area contributed by atoms with Crippen molar-refractivity contribution >= 4 is 17.5 Å². The molecule has 26 heavy (non-hydrogen) atoms. The van der Waals surface area contributed by atoms with Gasteiger partial charge in [-0.15, -0.1) is 0 Å². The van der Waals surface area contributed by atoms with Crippen molar-refractivity contribution in [2.45, 2.75) is 39.5 Å². The van der Waals surface area contributed by atoms with Crippen LogP contribution >= 0.6 is 11.5 Å². The Morgan fingerprint density at radius 3 is 2.46 bits per heavy atom. The molecule has 0 radical (unpaired) electrons. The maximum Gasteiger partial charge on any atom is 0.341 e. The smallest absolute Gasteiger partial charge is 0.341 e. The van der Waals surface area contributed by atoms with Crippen LogP contribution in [0.3, 0.4) is 0 Å². The van der Waals surface area contributed by atoms with E-state index in [9.17, 15) is 14.4 Å². The van der Waals surface area contributed by atoms with Gasteiger partial charge in [-0.1, -0.05) is 30.3 Å². The number of rotatable bonds is 7. The van der Waals surface area contributed by atoms with Crippen LogP contribution < -0.4 is 10.6 Å². The van der Waals surface area contributed by atoms with Crippen molar-refractivity contribution < 1.29 is 9.53 Å². The van der Waals surface area contributed by atoms with E-state index < -0.39 is 5.60 Å². The van der Waals surface area contributed by atoms with E-state index >= 15 is 0 Å². The number of ether oxygens (including phenoxy) is 1. The SMILES string of the molecule is CN(CCn1sc(=O)n(Cc2ccccc2)c1=O)CC(=O)OC(C)(C)C. The van der Waals surface area contributed by atoms with Crippen molar-refractivity contribution in [1.29, 1.82) is 0 Å². The van der Waals surface area contributed by atoms with Crippen molar-refractivity contribution in [2.75, 3.05) is 20.1 Å². The highest BCUT2D eigenvalue weighted by molar-refractivity contribution is 7.03. The van der Waals surface area contributed by atoms with E-state index in [1.54, 1.807) is 11.9 Å². The lowest BCUT2D eigenvalue weighted by Crippen LogP contribution is -2.35. The van der Waals surface area contributed by atoms with Crippen LogP contribution in [-0.2, 0) is 22.6 Å². The molecule has 0 saturated heterocycles. The summed E-state index contributed by atoms with van der Waals surface area (Å²) < 4.78 is 7.93. The second-order valence-corrected chi connectivity index (χ2v) is 8.11. The first-order valence-corrected chi connectivity index (χ1v) is 9.18.